The van der Waals surface area contributed by atoms with Gasteiger partial charge in [-0.2, -0.15) is 0 Å². The molecule has 5 heteroatoms. The average Bonchev–Trinajstić information content (AvgIpc) is 2.52. The van der Waals surface area contributed by atoms with Crippen LogP contribution in [0, 0.1) is 6.92 Å². The first kappa shape index (κ1) is 16.5. The van der Waals surface area contributed by atoms with Gasteiger partial charge in [-0.15, -0.1) is 0 Å². The van der Waals surface area contributed by atoms with E-state index < -0.39 is 0 Å². The Morgan fingerprint density at radius 1 is 1.18 bits per heavy atom. The second kappa shape index (κ2) is 7.40. The van der Waals surface area contributed by atoms with Gasteiger partial charge in [-0.05, 0) is 50.6 Å². The number of carbonyl (C=O) groups excluding carboxylic acids is 1. The number of aromatic nitrogens is 1. The normalized spacial score (nSPS) is 10.4. The minimum absolute atomic E-state index is 0.0428. The third-order valence-corrected chi connectivity index (χ3v) is 4.34. The van der Waals surface area contributed by atoms with Crippen molar-refractivity contribution in [3.63, 3.8) is 0 Å². The first-order valence-corrected chi connectivity index (χ1v) is 8.13. The Morgan fingerprint density at radius 2 is 1.86 bits per heavy atom. The highest BCUT2D eigenvalue weighted by Crippen LogP contribution is 2.23. The lowest BCUT2D eigenvalue weighted by Crippen LogP contribution is -2.31. The van der Waals surface area contributed by atoms with Crippen LogP contribution in [0.15, 0.2) is 41.0 Å². The third-order valence-electron chi connectivity index (χ3n) is 3.49. The van der Waals surface area contributed by atoms with Gasteiger partial charge in [0.25, 0.3) is 5.91 Å². The van der Waals surface area contributed by atoms with Crippen molar-refractivity contribution in [2.45, 2.75) is 20.8 Å². The molecule has 0 aliphatic carbocycles. The molecule has 116 valence electrons. The van der Waals surface area contributed by atoms with Crippen LogP contribution in [0.3, 0.4) is 0 Å². The minimum atomic E-state index is -0.0428. The zero-order chi connectivity index (χ0) is 16.1. The van der Waals surface area contributed by atoms with E-state index in [-0.39, 0.29) is 5.91 Å². The summed E-state index contributed by atoms with van der Waals surface area (Å²) in [4.78, 5) is 18.3. The molecule has 0 saturated heterocycles. The average molecular weight is 362 g/mol. The number of halogens is 1. The quantitative estimate of drug-likeness (QED) is 0.859. The van der Waals surface area contributed by atoms with E-state index in [1.807, 2.05) is 45.0 Å². The standard InChI is InChI=1S/C17H20BrN3O/c1-4-21(5-2)17(22)16-11-14(8-9-19-16)20-13-7-6-12(3)15(18)10-13/h6-11H,4-5H2,1-3H3,(H,19,20). The van der Waals surface area contributed by atoms with Crippen LogP contribution in [-0.2, 0) is 0 Å². The zero-order valence-electron chi connectivity index (χ0n) is 13.1. The Kier molecular flexibility index (Phi) is 5.55. The molecule has 0 bridgehead atoms. The van der Waals surface area contributed by atoms with Gasteiger partial charge in [0.15, 0.2) is 0 Å². The molecule has 0 aliphatic heterocycles. The van der Waals surface area contributed by atoms with E-state index in [2.05, 4.69) is 26.2 Å². The number of carbonyl (C=O) groups is 1. The van der Waals surface area contributed by atoms with Crippen molar-refractivity contribution in [2.75, 3.05) is 18.4 Å². The van der Waals surface area contributed by atoms with E-state index in [1.165, 1.54) is 5.56 Å². The molecule has 1 heterocycles. The van der Waals surface area contributed by atoms with E-state index in [4.69, 9.17) is 0 Å². The molecule has 2 rings (SSSR count). The number of amides is 1. The fourth-order valence-corrected chi connectivity index (χ4v) is 2.51. The Morgan fingerprint density at radius 3 is 2.50 bits per heavy atom. The summed E-state index contributed by atoms with van der Waals surface area (Å²) in [5.74, 6) is -0.0428. The maximum atomic E-state index is 12.3. The Bertz CT molecular complexity index is 669. The molecule has 0 fully saturated rings. The maximum absolute atomic E-state index is 12.3. The second-order valence-electron chi connectivity index (χ2n) is 5.00. The number of nitrogens with one attached hydrogen (secondary N) is 1. The zero-order valence-corrected chi connectivity index (χ0v) is 14.6. The van der Waals surface area contributed by atoms with Crippen LogP contribution in [0.2, 0.25) is 0 Å². The molecule has 0 saturated carbocycles. The molecular formula is C17H20BrN3O. The summed E-state index contributed by atoms with van der Waals surface area (Å²) in [7, 11) is 0. The molecule has 0 unspecified atom stereocenters. The van der Waals surface area contributed by atoms with Crippen LogP contribution in [-0.4, -0.2) is 28.9 Å². The summed E-state index contributed by atoms with van der Waals surface area (Å²) in [6.07, 6.45) is 1.66. The van der Waals surface area contributed by atoms with Crippen molar-refractivity contribution >= 4 is 33.2 Å². The maximum Gasteiger partial charge on any atom is 0.272 e. The fourth-order valence-electron chi connectivity index (χ4n) is 2.14. The molecule has 4 nitrogen and oxygen atoms in total. The number of rotatable bonds is 5. The van der Waals surface area contributed by atoms with Crippen LogP contribution in [0.4, 0.5) is 11.4 Å². The number of hydrogen-bond acceptors (Lipinski definition) is 3. The molecule has 1 amide bonds. The fraction of sp³-hybridized carbons (Fsp3) is 0.294. The largest absolute Gasteiger partial charge is 0.355 e. The van der Waals surface area contributed by atoms with Crippen LogP contribution in [0.5, 0.6) is 0 Å². The number of pyridine rings is 1. The lowest BCUT2D eigenvalue weighted by Gasteiger charge is -2.18. The highest BCUT2D eigenvalue weighted by atomic mass is 79.9. The first-order valence-electron chi connectivity index (χ1n) is 7.33. The van der Waals surface area contributed by atoms with Gasteiger partial charge in [0.2, 0.25) is 0 Å². The highest BCUT2D eigenvalue weighted by Gasteiger charge is 2.14. The van der Waals surface area contributed by atoms with Gasteiger partial charge >= 0.3 is 0 Å². The van der Waals surface area contributed by atoms with Crippen LogP contribution >= 0.6 is 15.9 Å². The summed E-state index contributed by atoms with van der Waals surface area (Å²) >= 11 is 3.52. The van der Waals surface area contributed by atoms with Crippen LogP contribution in [0.1, 0.15) is 29.9 Å². The molecule has 1 N–H and O–H groups in total. The lowest BCUT2D eigenvalue weighted by molar-refractivity contribution is 0.0767. The summed E-state index contributed by atoms with van der Waals surface area (Å²) < 4.78 is 1.05. The van der Waals surface area contributed by atoms with Gasteiger partial charge in [-0.25, -0.2) is 0 Å². The van der Waals surface area contributed by atoms with Crippen LogP contribution < -0.4 is 5.32 Å². The molecule has 0 spiro atoms. The third kappa shape index (κ3) is 3.85. The number of hydrogen-bond donors (Lipinski definition) is 1. The number of anilines is 2. The molecular weight excluding hydrogens is 342 g/mol. The number of aryl methyl sites for hydroxylation is 1. The molecule has 22 heavy (non-hydrogen) atoms. The van der Waals surface area contributed by atoms with E-state index in [1.54, 1.807) is 17.2 Å². The Hall–Kier alpha value is -1.88. The van der Waals surface area contributed by atoms with E-state index in [9.17, 15) is 4.79 Å². The molecule has 1 aromatic carbocycles. The molecule has 0 atom stereocenters. The highest BCUT2D eigenvalue weighted by molar-refractivity contribution is 9.10. The monoisotopic (exact) mass is 361 g/mol. The van der Waals surface area contributed by atoms with Crippen LogP contribution in [0.25, 0.3) is 0 Å². The number of nitrogens with zero attached hydrogens (tertiary/aromatic N) is 2. The van der Waals surface area contributed by atoms with Gasteiger partial charge in [0.05, 0.1) is 0 Å². The topological polar surface area (TPSA) is 45.2 Å². The molecule has 0 aliphatic rings. The predicted molar refractivity (Wildman–Crippen MR) is 93.7 cm³/mol. The van der Waals surface area contributed by atoms with E-state index >= 15 is 0 Å². The Labute approximate surface area is 139 Å². The summed E-state index contributed by atoms with van der Waals surface area (Å²) in [5.41, 5.74) is 3.45. The molecule has 2 aromatic rings. The van der Waals surface area contributed by atoms with Crippen molar-refractivity contribution in [2.24, 2.45) is 0 Å². The second-order valence-corrected chi connectivity index (χ2v) is 5.85. The Balaban J connectivity index is 2.21. The smallest absolute Gasteiger partial charge is 0.272 e. The summed E-state index contributed by atoms with van der Waals surface area (Å²) in [6.45, 7) is 7.33. The van der Waals surface area contributed by atoms with Gasteiger partial charge in [-0.3, -0.25) is 9.78 Å². The van der Waals surface area contributed by atoms with Crippen molar-refractivity contribution in [1.29, 1.82) is 0 Å². The number of benzene rings is 1. The van der Waals surface area contributed by atoms with Crippen molar-refractivity contribution in [1.82, 2.24) is 9.88 Å². The van der Waals surface area contributed by atoms with Gasteiger partial charge in [0.1, 0.15) is 5.69 Å². The molecule has 1 aromatic heterocycles. The summed E-state index contributed by atoms with van der Waals surface area (Å²) in [5, 5.41) is 3.30. The van der Waals surface area contributed by atoms with Gasteiger partial charge in [-0.1, -0.05) is 22.0 Å². The minimum Gasteiger partial charge on any atom is -0.355 e. The van der Waals surface area contributed by atoms with E-state index in [0.29, 0.717) is 18.8 Å². The lowest BCUT2D eigenvalue weighted by atomic mass is 10.2. The van der Waals surface area contributed by atoms with Gasteiger partial charge < -0.3 is 10.2 Å². The van der Waals surface area contributed by atoms with Crippen molar-refractivity contribution < 1.29 is 4.79 Å². The van der Waals surface area contributed by atoms with Crippen molar-refractivity contribution in [3.05, 3.63) is 52.3 Å². The SMILES string of the molecule is CCN(CC)C(=O)c1cc(Nc2ccc(C)c(Br)c2)ccn1. The molecule has 0 radical (unpaired) electrons. The van der Waals surface area contributed by atoms with E-state index in [0.717, 1.165) is 15.8 Å². The summed E-state index contributed by atoms with van der Waals surface area (Å²) in [6, 6.07) is 9.70. The van der Waals surface area contributed by atoms with Gasteiger partial charge in [0, 0.05) is 35.1 Å². The van der Waals surface area contributed by atoms with Crippen molar-refractivity contribution in [3.8, 4) is 0 Å². The first-order chi connectivity index (χ1) is 10.5. The predicted octanol–water partition coefficient (Wildman–Crippen LogP) is 4.38.